The Kier molecular flexibility index (Phi) is 4.48. The SMILES string of the molecule is O=C(NCc1ccccc1)C1CC(NC(=O)N2C=C3C=CNC=C3C2)C1. The van der Waals surface area contributed by atoms with Crippen LogP contribution in [0.25, 0.3) is 0 Å². The standard InChI is InChI=1S/C20H22N4O2/c25-19(22-10-14-4-2-1-3-5-14)16-8-18(9-16)23-20(26)24-12-15-6-7-21-11-17(15)13-24/h1-7,11-12,16,18,21H,8-10,13H2,(H,22,25)(H,23,26). The Morgan fingerprint density at radius 1 is 1.19 bits per heavy atom. The van der Waals surface area contributed by atoms with E-state index in [1.165, 1.54) is 0 Å². The Hall–Kier alpha value is -3.02. The predicted molar refractivity (Wildman–Crippen MR) is 98.5 cm³/mol. The van der Waals surface area contributed by atoms with Crippen molar-refractivity contribution in [3.63, 3.8) is 0 Å². The first-order valence-corrected chi connectivity index (χ1v) is 8.91. The highest BCUT2D eigenvalue weighted by Crippen LogP contribution is 2.29. The molecule has 0 radical (unpaired) electrons. The minimum Gasteiger partial charge on any atom is -0.367 e. The molecule has 134 valence electrons. The summed E-state index contributed by atoms with van der Waals surface area (Å²) in [6.45, 7) is 1.12. The summed E-state index contributed by atoms with van der Waals surface area (Å²) in [5.41, 5.74) is 3.26. The first-order valence-electron chi connectivity index (χ1n) is 8.91. The third-order valence-corrected chi connectivity index (χ3v) is 5.03. The summed E-state index contributed by atoms with van der Waals surface area (Å²) >= 11 is 0. The van der Waals surface area contributed by atoms with E-state index in [1.807, 2.05) is 55.0 Å². The van der Waals surface area contributed by atoms with Crippen LogP contribution in [-0.2, 0) is 11.3 Å². The zero-order valence-electron chi connectivity index (χ0n) is 14.4. The highest BCUT2D eigenvalue weighted by molar-refractivity contribution is 5.81. The molecule has 2 heterocycles. The molecule has 2 aliphatic heterocycles. The molecule has 1 aromatic rings. The van der Waals surface area contributed by atoms with E-state index in [0.29, 0.717) is 25.9 Å². The molecule has 1 aliphatic carbocycles. The van der Waals surface area contributed by atoms with Crippen LogP contribution in [0, 0.1) is 5.92 Å². The minimum absolute atomic E-state index is 0.0154. The fraction of sp³-hybridized carbons (Fsp3) is 0.300. The number of carbonyl (C=O) groups excluding carboxylic acids is 2. The second-order valence-corrected chi connectivity index (χ2v) is 6.90. The number of rotatable bonds is 4. The number of urea groups is 1. The first-order chi connectivity index (χ1) is 12.7. The molecular weight excluding hydrogens is 328 g/mol. The van der Waals surface area contributed by atoms with Crippen LogP contribution >= 0.6 is 0 Å². The maximum absolute atomic E-state index is 12.4. The number of nitrogens with one attached hydrogen (secondary N) is 3. The van der Waals surface area contributed by atoms with Gasteiger partial charge in [-0.15, -0.1) is 0 Å². The van der Waals surface area contributed by atoms with Gasteiger partial charge in [0.2, 0.25) is 5.91 Å². The number of allylic oxidation sites excluding steroid dienone is 1. The number of fused-ring (bicyclic) bond motifs is 1. The van der Waals surface area contributed by atoms with Crippen LogP contribution in [0.3, 0.4) is 0 Å². The molecule has 3 aliphatic rings. The van der Waals surface area contributed by atoms with Crippen LogP contribution < -0.4 is 16.0 Å². The van der Waals surface area contributed by atoms with Crippen LogP contribution in [0.1, 0.15) is 18.4 Å². The highest BCUT2D eigenvalue weighted by atomic mass is 16.2. The summed E-state index contributed by atoms with van der Waals surface area (Å²) in [7, 11) is 0. The third kappa shape index (κ3) is 3.49. The van der Waals surface area contributed by atoms with Crippen molar-refractivity contribution >= 4 is 11.9 Å². The van der Waals surface area contributed by atoms with Crippen molar-refractivity contribution in [2.24, 2.45) is 5.92 Å². The van der Waals surface area contributed by atoms with Crippen molar-refractivity contribution in [3.8, 4) is 0 Å². The summed E-state index contributed by atoms with van der Waals surface area (Å²) in [6, 6.07) is 9.83. The number of dihydropyridines is 1. The van der Waals surface area contributed by atoms with Gasteiger partial charge in [-0.05, 0) is 35.6 Å². The average molecular weight is 350 g/mol. The summed E-state index contributed by atoms with van der Waals surface area (Å²) in [6.07, 6.45) is 8.97. The van der Waals surface area contributed by atoms with Crippen molar-refractivity contribution in [1.29, 1.82) is 0 Å². The van der Waals surface area contributed by atoms with Gasteiger partial charge in [-0.1, -0.05) is 30.3 Å². The Bertz CT molecular complexity index is 791. The summed E-state index contributed by atoms with van der Waals surface area (Å²) in [4.78, 5) is 26.3. The van der Waals surface area contributed by atoms with Crippen molar-refractivity contribution in [1.82, 2.24) is 20.9 Å². The van der Waals surface area contributed by atoms with Crippen LogP contribution in [0.4, 0.5) is 4.79 Å². The fourth-order valence-corrected chi connectivity index (χ4v) is 3.40. The number of carbonyl (C=O) groups is 2. The van der Waals surface area contributed by atoms with Gasteiger partial charge in [0.15, 0.2) is 0 Å². The summed E-state index contributed by atoms with van der Waals surface area (Å²) in [5, 5.41) is 9.02. The highest BCUT2D eigenvalue weighted by Gasteiger charge is 2.36. The van der Waals surface area contributed by atoms with Crippen LogP contribution in [0.2, 0.25) is 0 Å². The topological polar surface area (TPSA) is 73.5 Å². The molecule has 0 saturated heterocycles. The molecule has 6 nitrogen and oxygen atoms in total. The van der Waals surface area contributed by atoms with Gasteiger partial charge in [0.25, 0.3) is 0 Å². The number of hydrogen-bond acceptors (Lipinski definition) is 3. The normalized spacial score (nSPS) is 23.2. The molecule has 0 bridgehead atoms. The molecule has 0 aromatic heterocycles. The van der Waals surface area contributed by atoms with Crippen molar-refractivity contribution in [2.45, 2.75) is 25.4 Å². The number of nitrogens with zero attached hydrogens (tertiary/aromatic N) is 1. The van der Waals surface area contributed by atoms with Crippen LogP contribution in [-0.4, -0.2) is 29.4 Å². The zero-order chi connectivity index (χ0) is 17.9. The van der Waals surface area contributed by atoms with Crippen molar-refractivity contribution < 1.29 is 9.59 Å². The molecule has 0 unspecified atom stereocenters. The molecule has 26 heavy (non-hydrogen) atoms. The quantitative estimate of drug-likeness (QED) is 0.778. The molecule has 6 heteroatoms. The Labute approximate surface area is 152 Å². The van der Waals surface area contributed by atoms with E-state index in [9.17, 15) is 9.59 Å². The lowest BCUT2D eigenvalue weighted by Crippen LogP contribution is -2.51. The van der Waals surface area contributed by atoms with E-state index >= 15 is 0 Å². The van der Waals surface area contributed by atoms with Crippen LogP contribution in [0.15, 0.2) is 66.2 Å². The zero-order valence-corrected chi connectivity index (χ0v) is 14.4. The van der Waals surface area contributed by atoms with Crippen molar-refractivity contribution in [2.75, 3.05) is 6.54 Å². The number of amides is 3. The van der Waals surface area contributed by atoms with E-state index in [2.05, 4.69) is 16.0 Å². The Morgan fingerprint density at radius 3 is 2.77 bits per heavy atom. The Balaban J connectivity index is 1.20. The molecule has 3 amide bonds. The fourth-order valence-electron chi connectivity index (χ4n) is 3.40. The minimum atomic E-state index is -0.102. The maximum Gasteiger partial charge on any atom is 0.321 e. The molecule has 3 N–H and O–H groups in total. The van der Waals surface area contributed by atoms with Gasteiger partial charge in [-0.2, -0.15) is 0 Å². The van der Waals surface area contributed by atoms with Gasteiger partial charge >= 0.3 is 6.03 Å². The number of hydrogen-bond donors (Lipinski definition) is 3. The van der Waals surface area contributed by atoms with E-state index in [0.717, 1.165) is 16.7 Å². The average Bonchev–Trinajstić information content (AvgIpc) is 3.07. The second-order valence-electron chi connectivity index (χ2n) is 6.90. The summed E-state index contributed by atoms with van der Waals surface area (Å²) < 4.78 is 0. The molecule has 0 spiro atoms. The van der Waals surface area contributed by atoms with Gasteiger partial charge in [0.05, 0.1) is 6.54 Å². The van der Waals surface area contributed by atoms with Crippen LogP contribution in [0.5, 0.6) is 0 Å². The smallest absolute Gasteiger partial charge is 0.321 e. The lowest BCUT2D eigenvalue weighted by Gasteiger charge is -2.35. The van der Waals surface area contributed by atoms with Gasteiger partial charge in [-0.3, -0.25) is 9.69 Å². The monoisotopic (exact) mass is 350 g/mol. The molecule has 0 atom stereocenters. The summed E-state index contributed by atoms with van der Waals surface area (Å²) in [5.74, 6) is 0.0494. The largest absolute Gasteiger partial charge is 0.367 e. The third-order valence-electron chi connectivity index (χ3n) is 5.03. The lowest BCUT2D eigenvalue weighted by molar-refractivity contribution is -0.128. The van der Waals surface area contributed by atoms with E-state index < -0.39 is 0 Å². The van der Waals surface area contributed by atoms with E-state index in [-0.39, 0.29) is 23.9 Å². The van der Waals surface area contributed by atoms with E-state index in [4.69, 9.17) is 0 Å². The van der Waals surface area contributed by atoms with Gasteiger partial charge in [0, 0.05) is 37.1 Å². The molecule has 4 rings (SSSR count). The second kappa shape index (κ2) is 7.07. The van der Waals surface area contributed by atoms with Gasteiger partial charge < -0.3 is 16.0 Å². The first kappa shape index (κ1) is 16.4. The number of benzene rings is 1. The van der Waals surface area contributed by atoms with Crippen molar-refractivity contribution in [3.05, 3.63) is 71.7 Å². The predicted octanol–water partition coefficient (Wildman–Crippen LogP) is 1.99. The molecular formula is C20H22N4O2. The lowest BCUT2D eigenvalue weighted by atomic mass is 9.79. The molecule has 1 aromatic carbocycles. The Morgan fingerprint density at radius 2 is 2.00 bits per heavy atom. The maximum atomic E-state index is 12.4. The molecule has 1 fully saturated rings. The molecule has 1 saturated carbocycles. The van der Waals surface area contributed by atoms with Gasteiger partial charge in [-0.25, -0.2) is 4.79 Å². The van der Waals surface area contributed by atoms with Gasteiger partial charge in [0.1, 0.15) is 0 Å². The van der Waals surface area contributed by atoms with E-state index in [1.54, 1.807) is 4.90 Å².